The van der Waals surface area contributed by atoms with Gasteiger partial charge in [-0.05, 0) is 13.8 Å². The van der Waals surface area contributed by atoms with E-state index in [1.807, 2.05) is 13.8 Å². The first-order valence-corrected chi connectivity index (χ1v) is 4.45. The molecule has 1 atom stereocenters. The summed E-state index contributed by atoms with van der Waals surface area (Å²) in [5.74, 6) is -1.03. The molecule has 0 aromatic rings. The lowest BCUT2D eigenvalue weighted by atomic mass is 10.4. The topological polar surface area (TPSA) is 44.8 Å². The second kappa shape index (κ2) is 5.19. The smallest absolute Gasteiger partial charge is 0.337 e. The second-order valence-electron chi connectivity index (χ2n) is 2.84. The Morgan fingerprint density at radius 2 is 2.00 bits per heavy atom. The third-order valence-corrected chi connectivity index (χ3v) is 1.47. The van der Waals surface area contributed by atoms with Gasteiger partial charge >= 0.3 is 5.97 Å². The number of carbonyl (C=O) groups is 1. The van der Waals surface area contributed by atoms with Crippen LogP contribution in [0.4, 0.5) is 0 Å². The Labute approximate surface area is 79.2 Å². The molecule has 0 N–H and O–H groups in total. The van der Waals surface area contributed by atoms with Crippen molar-refractivity contribution in [1.29, 1.82) is 0 Å². The molecule has 0 aromatic carbocycles. The number of hydrogen-bond acceptors (Lipinski definition) is 4. The average molecular weight is 190 g/mol. The van der Waals surface area contributed by atoms with Crippen LogP contribution in [0.2, 0.25) is 0 Å². The maximum atomic E-state index is 10.9. The standard InChI is InChI=1S/C7H12O4.C2H6/c1-7(2)10-4-5(11-7)6(8)9-3;1-2/h5H,4H2,1-3H3;1-2H3. The van der Waals surface area contributed by atoms with Crippen LogP contribution < -0.4 is 0 Å². The Hall–Kier alpha value is -0.610. The van der Waals surface area contributed by atoms with Crippen molar-refractivity contribution in [3.63, 3.8) is 0 Å². The van der Waals surface area contributed by atoms with Crippen molar-refractivity contribution in [2.24, 2.45) is 0 Å². The van der Waals surface area contributed by atoms with E-state index in [-0.39, 0.29) is 12.6 Å². The average Bonchev–Trinajstić information content (AvgIpc) is 2.48. The van der Waals surface area contributed by atoms with E-state index in [1.54, 1.807) is 13.8 Å². The minimum absolute atomic E-state index is 0.277. The largest absolute Gasteiger partial charge is 0.467 e. The minimum Gasteiger partial charge on any atom is -0.467 e. The lowest BCUT2D eigenvalue weighted by Gasteiger charge is -2.15. The third kappa shape index (κ3) is 3.74. The maximum Gasteiger partial charge on any atom is 0.337 e. The lowest BCUT2D eigenvalue weighted by Crippen LogP contribution is -2.27. The van der Waals surface area contributed by atoms with Gasteiger partial charge < -0.3 is 14.2 Å². The number of carbonyl (C=O) groups excluding carboxylic acids is 1. The predicted octanol–water partition coefficient (Wildman–Crippen LogP) is 1.34. The Bertz CT molecular complexity index is 165. The van der Waals surface area contributed by atoms with Gasteiger partial charge in [-0.1, -0.05) is 13.8 Å². The summed E-state index contributed by atoms with van der Waals surface area (Å²) in [5.41, 5.74) is 0. The highest BCUT2D eigenvalue weighted by Gasteiger charge is 2.37. The van der Waals surface area contributed by atoms with Crippen LogP contribution in [-0.4, -0.2) is 31.6 Å². The van der Waals surface area contributed by atoms with Gasteiger partial charge in [0.15, 0.2) is 11.9 Å². The monoisotopic (exact) mass is 190 g/mol. The first-order valence-electron chi connectivity index (χ1n) is 4.45. The zero-order valence-corrected chi connectivity index (χ0v) is 8.92. The molecule has 0 spiro atoms. The molecule has 78 valence electrons. The number of esters is 1. The molecule has 1 heterocycles. The fraction of sp³-hybridized carbons (Fsp3) is 0.889. The zero-order chi connectivity index (χ0) is 10.5. The van der Waals surface area contributed by atoms with Crippen LogP contribution in [-0.2, 0) is 19.0 Å². The Morgan fingerprint density at radius 3 is 2.31 bits per heavy atom. The first-order chi connectivity index (χ1) is 6.05. The Balaban J connectivity index is 0.000000671. The summed E-state index contributed by atoms with van der Waals surface area (Å²) in [6.07, 6.45) is -0.560. The van der Waals surface area contributed by atoms with Gasteiger partial charge in [-0.15, -0.1) is 0 Å². The Morgan fingerprint density at radius 1 is 1.46 bits per heavy atom. The van der Waals surface area contributed by atoms with Crippen molar-refractivity contribution in [2.45, 2.75) is 39.6 Å². The second-order valence-corrected chi connectivity index (χ2v) is 2.84. The molecule has 4 heteroatoms. The summed E-state index contributed by atoms with van der Waals surface area (Å²) in [4.78, 5) is 10.9. The van der Waals surface area contributed by atoms with Gasteiger partial charge in [-0.2, -0.15) is 0 Å². The SMILES string of the molecule is CC.COC(=O)C1COC(C)(C)O1. The normalized spacial score (nSPS) is 24.5. The van der Waals surface area contributed by atoms with Gasteiger partial charge in [0.2, 0.25) is 0 Å². The summed E-state index contributed by atoms with van der Waals surface area (Å²) >= 11 is 0. The number of methoxy groups -OCH3 is 1. The zero-order valence-electron chi connectivity index (χ0n) is 8.92. The summed E-state index contributed by atoms with van der Waals surface area (Å²) in [6.45, 7) is 7.80. The molecule has 1 rings (SSSR count). The summed E-state index contributed by atoms with van der Waals surface area (Å²) in [7, 11) is 1.33. The van der Waals surface area contributed by atoms with E-state index in [4.69, 9.17) is 9.47 Å². The van der Waals surface area contributed by atoms with Crippen molar-refractivity contribution in [3.05, 3.63) is 0 Å². The fourth-order valence-electron chi connectivity index (χ4n) is 0.935. The van der Waals surface area contributed by atoms with Crippen LogP contribution in [0.15, 0.2) is 0 Å². The van der Waals surface area contributed by atoms with E-state index in [1.165, 1.54) is 7.11 Å². The highest BCUT2D eigenvalue weighted by atomic mass is 16.8. The summed E-state index contributed by atoms with van der Waals surface area (Å²) in [6, 6.07) is 0. The maximum absolute atomic E-state index is 10.9. The van der Waals surface area contributed by atoms with Gasteiger partial charge in [0.1, 0.15) is 0 Å². The molecule has 1 aliphatic rings. The van der Waals surface area contributed by atoms with Crippen LogP contribution in [0.1, 0.15) is 27.7 Å². The molecule has 0 saturated carbocycles. The molecule has 0 aromatic heterocycles. The molecule has 1 fully saturated rings. The van der Waals surface area contributed by atoms with Crippen molar-refractivity contribution < 1.29 is 19.0 Å². The molecule has 0 amide bonds. The molecule has 0 aliphatic carbocycles. The molecule has 0 radical (unpaired) electrons. The molecule has 1 saturated heterocycles. The predicted molar refractivity (Wildman–Crippen MR) is 48.3 cm³/mol. The van der Waals surface area contributed by atoms with Crippen LogP contribution in [0.5, 0.6) is 0 Å². The van der Waals surface area contributed by atoms with E-state index >= 15 is 0 Å². The van der Waals surface area contributed by atoms with Gasteiger partial charge in [0, 0.05) is 0 Å². The van der Waals surface area contributed by atoms with E-state index in [2.05, 4.69) is 4.74 Å². The molecule has 13 heavy (non-hydrogen) atoms. The van der Waals surface area contributed by atoms with Gasteiger partial charge in [-0.3, -0.25) is 0 Å². The van der Waals surface area contributed by atoms with Crippen LogP contribution in [0.3, 0.4) is 0 Å². The minimum atomic E-state index is -0.654. The van der Waals surface area contributed by atoms with Crippen LogP contribution in [0, 0.1) is 0 Å². The van der Waals surface area contributed by atoms with Crippen LogP contribution in [0.25, 0.3) is 0 Å². The molecule has 1 unspecified atom stereocenters. The Kier molecular flexibility index (Phi) is 4.95. The van der Waals surface area contributed by atoms with Crippen molar-refractivity contribution >= 4 is 5.97 Å². The lowest BCUT2D eigenvalue weighted by molar-refractivity contribution is -0.167. The summed E-state index contributed by atoms with van der Waals surface area (Å²) in [5, 5.41) is 0. The third-order valence-electron chi connectivity index (χ3n) is 1.47. The molecular weight excluding hydrogens is 172 g/mol. The highest BCUT2D eigenvalue weighted by Crippen LogP contribution is 2.22. The van der Waals surface area contributed by atoms with Gasteiger partial charge in [-0.25, -0.2) is 4.79 Å². The summed E-state index contributed by atoms with van der Waals surface area (Å²) < 4.78 is 14.8. The van der Waals surface area contributed by atoms with Gasteiger partial charge in [0.05, 0.1) is 13.7 Å². The molecule has 4 nitrogen and oxygen atoms in total. The van der Waals surface area contributed by atoms with E-state index < -0.39 is 11.9 Å². The fourth-order valence-corrected chi connectivity index (χ4v) is 0.935. The van der Waals surface area contributed by atoms with Crippen molar-refractivity contribution in [1.82, 2.24) is 0 Å². The number of rotatable bonds is 1. The van der Waals surface area contributed by atoms with E-state index in [0.29, 0.717) is 0 Å². The van der Waals surface area contributed by atoms with Crippen molar-refractivity contribution in [2.75, 3.05) is 13.7 Å². The molecular formula is C9H18O4. The van der Waals surface area contributed by atoms with Gasteiger partial charge in [0.25, 0.3) is 0 Å². The highest BCUT2D eigenvalue weighted by molar-refractivity contribution is 5.74. The number of ether oxygens (including phenoxy) is 3. The van der Waals surface area contributed by atoms with E-state index in [9.17, 15) is 4.79 Å². The van der Waals surface area contributed by atoms with E-state index in [0.717, 1.165) is 0 Å². The molecule has 0 bridgehead atoms. The molecule has 1 aliphatic heterocycles. The quantitative estimate of drug-likeness (QED) is 0.585. The first kappa shape index (κ1) is 12.4. The van der Waals surface area contributed by atoms with Crippen molar-refractivity contribution in [3.8, 4) is 0 Å². The van der Waals surface area contributed by atoms with Crippen LogP contribution >= 0.6 is 0 Å². The number of hydrogen-bond donors (Lipinski definition) is 0.